The second kappa shape index (κ2) is 5.94. The molecule has 0 fully saturated rings. The molecule has 0 saturated heterocycles. The summed E-state index contributed by atoms with van der Waals surface area (Å²) < 4.78 is 5.90. The number of nitrogens with zero attached hydrogens (tertiary/aromatic N) is 1. The molecule has 0 spiro atoms. The Kier molecular flexibility index (Phi) is 3.84. The van der Waals surface area contributed by atoms with E-state index >= 15 is 0 Å². The van der Waals surface area contributed by atoms with E-state index in [1.54, 1.807) is 6.20 Å². The number of aliphatic hydroxyl groups is 1. The molecule has 21 heavy (non-hydrogen) atoms. The van der Waals surface area contributed by atoms with Crippen LogP contribution in [-0.2, 0) is 13.0 Å². The first-order valence-electron chi connectivity index (χ1n) is 7.06. The minimum atomic E-state index is -0.0288. The molecule has 0 aliphatic rings. The molecule has 2 aromatic carbocycles. The van der Waals surface area contributed by atoms with Crippen molar-refractivity contribution in [2.75, 3.05) is 0 Å². The van der Waals surface area contributed by atoms with E-state index in [9.17, 15) is 5.11 Å². The van der Waals surface area contributed by atoms with Gasteiger partial charge in [-0.2, -0.15) is 0 Å². The summed E-state index contributed by atoms with van der Waals surface area (Å²) in [7, 11) is 0. The van der Waals surface area contributed by atoms with E-state index in [0.717, 1.165) is 28.5 Å². The lowest BCUT2D eigenvalue weighted by Crippen LogP contribution is -1.94. The molecule has 3 aromatic rings. The lowest BCUT2D eigenvalue weighted by atomic mass is 10.1. The molecule has 0 radical (unpaired) electrons. The summed E-state index contributed by atoms with van der Waals surface area (Å²) in [4.78, 5) is 4.33. The zero-order valence-corrected chi connectivity index (χ0v) is 11.9. The van der Waals surface area contributed by atoms with Crippen molar-refractivity contribution in [1.29, 1.82) is 0 Å². The van der Waals surface area contributed by atoms with Crippen LogP contribution in [0.4, 0.5) is 0 Å². The fraction of sp³-hybridized carbons (Fsp3) is 0.167. The van der Waals surface area contributed by atoms with Crippen LogP contribution < -0.4 is 4.74 Å². The molecule has 0 atom stereocenters. The number of aryl methyl sites for hydroxylation is 1. The summed E-state index contributed by atoms with van der Waals surface area (Å²) in [5, 5.41) is 11.3. The van der Waals surface area contributed by atoms with Crippen molar-refractivity contribution in [3.05, 3.63) is 65.9 Å². The summed E-state index contributed by atoms with van der Waals surface area (Å²) in [5.74, 6) is 1.33. The van der Waals surface area contributed by atoms with Gasteiger partial charge in [-0.3, -0.25) is 0 Å². The molecular weight excluding hydrogens is 262 g/mol. The number of fused-ring (bicyclic) bond motifs is 1. The number of pyridine rings is 1. The highest BCUT2D eigenvalue weighted by Crippen LogP contribution is 2.29. The number of aromatic nitrogens is 1. The minimum Gasteiger partial charge on any atom is -0.438 e. The molecule has 0 saturated carbocycles. The molecule has 0 bridgehead atoms. The van der Waals surface area contributed by atoms with Crippen molar-refractivity contribution in [1.82, 2.24) is 4.98 Å². The summed E-state index contributed by atoms with van der Waals surface area (Å²) in [6.07, 6.45) is 2.67. The Morgan fingerprint density at radius 3 is 2.38 bits per heavy atom. The maximum Gasteiger partial charge on any atom is 0.227 e. The highest BCUT2D eigenvalue weighted by molar-refractivity contribution is 5.89. The fourth-order valence-corrected chi connectivity index (χ4v) is 2.34. The third kappa shape index (κ3) is 2.73. The van der Waals surface area contributed by atoms with Crippen LogP contribution >= 0.6 is 0 Å². The Balaban J connectivity index is 2.00. The third-order valence-electron chi connectivity index (χ3n) is 3.56. The van der Waals surface area contributed by atoms with Gasteiger partial charge in [-0.05, 0) is 35.6 Å². The monoisotopic (exact) mass is 279 g/mol. The lowest BCUT2D eigenvalue weighted by Gasteiger charge is -2.10. The summed E-state index contributed by atoms with van der Waals surface area (Å²) in [6, 6.07) is 15.8. The van der Waals surface area contributed by atoms with E-state index in [1.807, 2.05) is 36.4 Å². The van der Waals surface area contributed by atoms with Crippen molar-refractivity contribution >= 4 is 10.8 Å². The Morgan fingerprint density at radius 2 is 1.71 bits per heavy atom. The molecular formula is C18H17NO2. The zero-order chi connectivity index (χ0) is 14.7. The van der Waals surface area contributed by atoms with Gasteiger partial charge in [-0.15, -0.1) is 0 Å². The number of benzene rings is 2. The predicted molar refractivity (Wildman–Crippen MR) is 83.6 cm³/mol. The molecule has 0 unspecified atom stereocenters. The SMILES string of the molecule is CCc1ccc(Oc2ncc(CO)c3ccccc23)cc1. The first-order chi connectivity index (χ1) is 10.3. The summed E-state index contributed by atoms with van der Waals surface area (Å²) >= 11 is 0. The molecule has 3 rings (SSSR count). The molecule has 1 heterocycles. The van der Waals surface area contributed by atoms with Gasteiger partial charge in [0.1, 0.15) is 5.75 Å². The van der Waals surface area contributed by atoms with Gasteiger partial charge in [0.05, 0.1) is 6.61 Å². The third-order valence-corrected chi connectivity index (χ3v) is 3.56. The predicted octanol–water partition coefficient (Wildman–Crippen LogP) is 4.08. The van der Waals surface area contributed by atoms with Crippen molar-refractivity contribution in [3.8, 4) is 11.6 Å². The number of aliphatic hydroxyl groups excluding tert-OH is 1. The largest absolute Gasteiger partial charge is 0.438 e. The van der Waals surface area contributed by atoms with E-state index in [4.69, 9.17) is 4.74 Å². The van der Waals surface area contributed by atoms with E-state index in [0.29, 0.717) is 5.88 Å². The van der Waals surface area contributed by atoms with Gasteiger partial charge in [0.2, 0.25) is 5.88 Å². The van der Waals surface area contributed by atoms with Crippen molar-refractivity contribution in [2.24, 2.45) is 0 Å². The highest BCUT2D eigenvalue weighted by atomic mass is 16.5. The Bertz CT molecular complexity index is 751. The van der Waals surface area contributed by atoms with Crippen molar-refractivity contribution in [3.63, 3.8) is 0 Å². The van der Waals surface area contributed by atoms with Gasteiger partial charge in [-0.25, -0.2) is 4.98 Å². The maximum absolute atomic E-state index is 9.39. The molecule has 3 nitrogen and oxygen atoms in total. The Labute approximate surface area is 123 Å². The zero-order valence-electron chi connectivity index (χ0n) is 11.9. The summed E-state index contributed by atoms with van der Waals surface area (Å²) in [6.45, 7) is 2.09. The molecule has 3 heteroatoms. The van der Waals surface area contributed by atoms with Crippen LogP contribution in [0.25, 0.3) is 10.8 Å². The average molecular weight is 279 g/mol. The minimum absolute atomic E-state index is 0.0288. The highest BCUT2D eigenvalue weighted by Gasteiger charge is 2.08. The smallest absolute Gasteiger partial charge is 0.227 e. The second-order valence-electron chi connectivity index (χ2n) is 4.89. The van der Waals surface area contributed by atoms with Gasteiger partial charge >= 0.3 is 0 Å². The first-order valence-corrected chi connectivity index (χ1v) is 7.06. The van der Waals surface area contributed by atoms with Crippen LogP contribution in [0.5, 0.6) is 11.6 Å². The average Bonchev–Trinajstić information content (AvgIpc) is 2.56. The van der Waals surface area contributed by atoms with Crippen LogP contribution in [-0.4, -0.2) is 10.1 Å². The quantitative estimate of drug-likeness (QED) is 0.782. The molecule has 1 aromatic heterocycles. The number of hydrogen-bond acceptors (Lipinski definition) is 3. The van der Waals surface area contributed by atoms with Gasteiger partial charge in [0.15, 0.2) is 0 Å². The Hall–Kier alpha value is -2.39. The second-order valence-corrected chi connectivity index (χ2v) is 4.89. The van der Waals surface area contributed by atoms with Crippen LogP contribution in [0.1, 0.15) is 18.1 Å². The standard InChI is InChI=1S/C18H17NO2/c1-2-13-7-9-15(10-8-13)21-18-17-6-4-3-5-16(17)14(12-20)11-19-18/h3-11,20H,2,12H2,1H3. The van der Waals surface area contributed by atoms with Crippen LogP contribution in [0.2, 0.25) is 0 Å². The molecule has 0 aliphatic carbocycles. The first kappa shape index (κ1) is 13.6. The van der Waals surface area contributed by atoms with Gasteiger partial charge in [-0.1, -0.05) is 37.3 Å². The molecule has 0 amide bonds. The van der Waals surface area contributed by atoms with Gasteiger partial charge in [0.25, 0.3) is 0 Å². The molecule has 1 N–H and O–H groups in total. The van der Waals surface area contributed by atoms with E-state index in [1.165, 1.54) is 5.56 Å². The van der Waals surface area contributed by atoms with Crippen LogP contribution in [0, 0.1) is 0 Å². The number of rotatable bonds is 4. The normalized spacial score (nSPS) is 10.8. The van der Waals surface area contributed by atoms with Crippen molar-refractivity contribution in [2.45, 2.75) is 20.0 Å². The molecule has 106 valence electrons. The van der Waals surface area contributed by atoms with Gasteiger partial charge in [0, 0.05) is 17.1 Å². The fourth-order valence-electron chi connectivity index (χ4n) is 2.34. The van der Waals surface area contributed by atoms with Crippen molar-refractivity contribution < 1.29 is 9.84 Å². The van der Waals surface area contributed by atoms with Crippen LogP contribution in [0.3, 0.4) is 0 Å². The summed E-state index contributed by atoms with van der Waals surface area (Å²) in [5.41, 5.74) is 2.08. The maximum atomic E-state index is 9.39. The van der Waals surface area contributed by atoms with E-state index in [-0.39, 0.29) is 6.61 Å². The van der Waals surface area contributed by atoms with E-state index in [2.05, 4.69) is 24.0 Å². The van der Waals surface area contributed by atoms with Gasteiger partial charge < -0.3 is 9.84 Å². The lowest BCUT2D eigenvalue weighted by molar-refractivity contribution is 0.283. The van der Waals surface area contributed by atoms with E-state index < -0.39 is 0 Å². The molecule has 0 aliphatic heterocycles. The Morgan fingerprint density at radius 1 is 1.00 bits per heavy atom. The van der Waals surface area contributed by atoms with Crippen LogP contribution in [0.15, 0.2) is 54.7 Å². The number of hydrogen-bond donors (Lipinski definition) is 1. The number of ether oxygens (including phenoxy) is 1. The topological polar surface area (TPSA) is 42.4 Å².